The van der Waals surface area contributed by atoms with Gasteiger partial charge in [-0.2, -0.15) is 0 Å². The van der Waals surface area contributed by atoms with Gasteiger partial charge in [0.05, 0.1) is 11.6 Å². The SMILES string of the molecule is Cn1c(=O)n(CC(C)(C)C)c2ccc(C3CC3CN3CCN(C(=O)O)C(C(C)(C)C)C3)nc21. The van der Waals surface area contributed by atoms with Crippen LogP contribution >= 0.6 is 0 Å². The second-order valence-corrected chi connectivity index (χ2v) is 12.3. The van der Waals surface area contributed by atoms with E-state index in [-0.39, 0.29) is 22.6 Å². The van der Waals surface area contributed by atoms with E-state index >= 15 is 0 Å². The second-order valence-electron chi connectivity index (χ2n) is 12.3. The Morgan fingerprint density at radius 3 is 2.45 bits per heavy atom. The molecular formula is C25H39N5O3. The fourth-order valence-electron chi connectivity index (χ4n) is 5.24. The summed E-state index contributed by atoms with van der Waals surface area (Å²) in [6.45, 7) is 16.5. The Bertz CT molecular complexity index is 1100. The second kappa shape index (κ2) is 8.15. The zero-order valence-corrected chi connectivity index (χ0v) is 21.1. The van der Waals surface area contributed by atoms with Gasteiger partial charge in [-0.25, -0.2) is 14.6 Å². The summed E-state index contributed by atoms with van der Waals surface area (Å²) in [7, 11) is 1.81. The number of carbonyl (C=O) groups is 1. The molecule has 2 aromatic heterocycles. The summed E-state index contributed by atoms with van der Waals surface area (Å²) in [5.74, 6) is 0.932. The number of fused-ring (bicyclic) bond motifs is 1. The van der Waals surface area contributed by atoms with Crippen molar-refractivity contribution in [2.75, 3.05) is 26.2 Å². The maximum Gasteiger partial charge on any atom is 0.407 e. The minimum Gasteiger partial charge on any atom is -0.465 e. The van der Waals surface area contributed by atoms with E-state index in [0.29, 0.717) is 24.9 Å². The number of pyridine rings is 1. The average Bonchev–Trinajstić information content (AvgIpc) is 3.43. The van der Waals surface area contributed by atoms with Crippen molar-refractivity contribution in [2.45, 2.75) is 66.5 Å². The lowest BCUT2D eigenvalue weighted by Gasteiger charge is -2.46. The highest BCUT2D eigenvalue weighted by molar-refractivity contribution is 5.72. The molecule has 2 aliphatic rings. The third kappa shape index (κ3) is 4.81. The molecule has 4 rings (SSSR count). The predicted molar refractivity (Wildman–Crippen MR) is 130 cm³/mol. The Morgan fingerprint density at radius 1 is 1.15 bits per heavy atom. The molecule has 182 valence electrons. The quantitative estimate of drug-likeness (QED) is 0.759. The van der Waals surface area contributed by atoms with Crippen molar-refractivity contribution < 1.29 is 9.90 Å². The standard InChI is InChI=1S/C25H39N5O3/c1-24(2,3)15-30-19-9-8-18(26-21(19)27(7)22(30)31)17-12-16(17)13-28-10-11-29(23(32)33)20(14-28)25(4,5)6/h8-9,16-17,20H,10-15H2,1-7H3,(H,32,33). The van der Waals surface area contributed by atoms with Crippen LogP contribution in [0.1, 0.15) is 59.6 Å². The van der Waals surface area contributed by atoms with E-state index in [4.69, 9.17) is 4.98 Å². The van der Waals surface area contributed by atoms with Crippen molar-refractivity contribution in [1.29, 1.82) is 0 Å². The molecule has 2 aromatic rings. The zero-order chi connectivity index (χ0) is 24.3. The summed E-state index contributed by atoms with van der Waals surface area (Å²) in [4.78, 5) is 33.5. The highest BCUT2D eigenvalue weighted by Gasteiger charge is 2.44. The molecule has 8 heteroatoms. The summed E-state index contributed by atoms with van der Waals surface area (Å²) >= 11 is 0. The van der Waals surface area contributed by atoms with Gasteiger partial charge in [-0.15, -0.1) is 0 Å². The Hall–Kier alpha value is -2.35. The molecule has 0 radical (unpaired) electrons. The van der Waals surface area contributed by atoms with Crippen LogP contribution in [0.5, 0.6) is 0 Å². The van der Waals surface area contributed by atoms with Gasteiger partial charge in [-0.3, -0.25) is 14.0 Å². The van der Waals surface area contributed by atoms with E-state index in [1.54, 1.807) is 16.5 Å². The first-order valence-corrected chi connectivity index (χ1v) is 12.0. The van der Waals surface area contributed by atoms with Crippen LogP contribution in [0.2, 0.25) is 0 Å². The van der Waals surface area contributed by atoms with Crippen LogP contribution in [0.15, 0.2) is 16.9 Å². The molecule has 3 heterocycles. The molecule has 3 unspecified atom stereocenters. The first-order chi connectivity index (χ1) is 15.3. The number of aryl methyl sites for hydroxylation is 1. The minimum atomic E-state index is -0.819. The summed E-state index contributed by atoms with van der Waals surface area (Å²) in [5.41, 5.74) is 2.62. The number of hydrogen-bond donors (Lipinski definition) is 1. The van der Waals surface area contributed by atoms with Crippen LogP contribution < -0.4 is 5.69 Å². The number of rotatable bonds is 4. The van der Waals surface area contributed by atoms with Gasteiger partial charge < -0.3 is 10.0 Å². The highest BCUT2D eigenvalue weighted by atomic mass is 16.4. The van der Waals surface area contributed by atoms with Gasteiger partial charge in [0, 0.05) is 51.4 Å². The van der Waals surface area contributed by atoms with Gasteiger partial charge in [0.1, 0.15) is 0 Å². The molecular weight excluding hydrogens is 418 g/mol. The lowest BCUT2D eigenvalue weighted by atomic mass is 9.84. The van der Waals surface area contributed by atoms with Crippen molar-refractivity contribution in [1.82, 2.24) is 23.9 Å². The van der Waals surface area contributed by atoms with Gasteiger partial charge in [0.2, 0.25) is 0 Å². The first kappa shape index (κ1) is 23.8. The number of hydrogen-bond acceptors (Lipinski definition) is 4. The molecule has 0 bridgehead atoms. The number of aromatic nitrogens is 3. The third-order valence-corrected chi connectivity index (χ3v) is 7.14. The van der Waals surface area contributed by atoms with E-state index in [2.05, 4.69) is 58.6 Å². The molecule has 8 nitrogen and oxygen atoms in total. The van der Waals surface area contributed by atoms with Crippen molar-refractivity contribution in [3.05, 3.63) is 28.3 Å². The molecule has 1 amide bonds. The molecule has 3 atom stereocenters. The molecule has 1 saturated carbocycles. The summed E-state index contributed by atoms with van der Waals surface area (Å²) < 4.78 is 3.51. The van der Waals surface area contributed by atoms with E-state index in [1.165, 1.54) is 0 Å². The topological polar surface area (TPSA) is 83.6 Å². The third-order valence-electron chi connectivity index (χ3n) is 7.14. The zero-order valence-electron chi connectivity index (χ0n) is 21.1. The Kier molecular flexibility index (Phi) is 5.88. The molecule has 0 aromatic carbocycles. The van der Waals surface area contributed by atoms with Crippen molar-refractivity contribution in [3.8, 4) is 0 Å². The Balaban J connectivity index is 1.47. The van der Waals surface area contributed by atoms with Gasteiger partial charge in [0.15, 0.2) is 5.65 Å². The molecule has 2 fully saturated rings. The monoisotopic (exact) mass is 457 g/mol. The fraction of sp³-hybridized carbons (Fsp3) is 0.720. The first-order valence-electron chi connectivity index (χ1n) is 12.0. The molecule has 1 saturated heterocycles. The largest absolute Gasteiger partial charge is 0.465 e. The van der Waals surface area contributed by atoms with E-state index in [1.807, 2.05) is 4.57 Å². The smallest absolute Gasteiger partial charge is 0.407 e. The van der Waals surface area contributed by atoms with Gasteiger partial charge >= 0.3 is 11.8 Å². The number of carboxylic acid groups (broad SMARTS) is 1. The number of imidazole rings is 1. The van der Waals surface area contributed by atoms with E-state index in [0.717, 1.165) is 42.9 Å². The normalized spacial score (nSPS) is 24.5. The van der Waals surface area contributed by atoms with Crippen LogP contribution in [0.25, 0.3) is 11.2 Å². The molecule has 0 spiro atoms. The van der Waals surface area contributed by atoms with E-state index in [9.17, 15) is 14.7 Å². The van der Waals surface area contributed by atoms with Gasteiger partial charge in [-0.1, -0.05) is 41.5 Å². The number of nitrogens with zero attached hydrogens (tertiary/aromatic N) is 5. The molecule has 33 heavy (non-hydrogen) atoms. The minimum absolute atomic E-state index is 0.00692. The highest BCUT2D eigenvalue weighted by Crippen LogP contribution is 2.47. The fourth-order valence-corrected chi connectivity index (χ4v) is 5.24. The summed E-state index contributed by atoms with van der Waals surface area (Å²) in [6, 6.07) is 4.14. The maximum absolute atomic E-state index is 12.8. The summed E-state index contributed by atoms with van der Waals surface area (Å²) in [6.07, 6.45) is 0.273. The Labute approximate surface area is 196 Å². The van der Waals surface area contributed by atoms with Crippen molar-refractivity contribution >= 4 is 17.3 Å². The average molecular weight is 458 g/mol. The maximum atomic E-state index is 12.8. The predicted octanol–water partition coefficient (Wildman–Crippen LogP) is 3.59. The van der Waals surface area contributed by atoms with Crippen LogP contribution in [0, 0.1) is 16.7 Å². The lowest BCUT2D eigenvalue weighted by Crippen LogP contribution is -2.59. The van der Waals surface area contributed by atoms with Crippen molar-refractivity contribution in [2.24, 2.45) is 23.8 Å². The van der Waals surface area contributed by atoms with Crippen molar-refractivity contribution in [3.63, 3.8) is 0 Å². The molecule has 1 N–H and O–H groups in total. The van der Waals surface area contributed by atoms with E-state index < -0.39 is 6.09 Å². The summed E-state index contributed by atoms with van der Waals surface area (Å²) in [5, 5.41) is 9.61. The molecule has 1 aliphatic heterocycles. The van der Waals surface area contributed by atoms with Crippen LogP contribution in [-0.4, -0.2) is 67.3 Å². The van der Waals surface area contributed by atoms with Gasteiger partial charge in [-0.05, 0) is 35.3 Å². The van der Waals surface area contributed by atoms with Crippen LogP contribution in [-0.2, 0) is 13.6 Å². The van der Waals surface area contributed by atoms with Crippen LogP contribution in [0.3, 0.4) is 0 Å². The Morgan fingerprint density at radius 2 is 1.85 bits per heavy atom. The van der Waals surface area contributed by atoms with Crippen LogP contribution in [0.4, 0.5) is 4.79 Å². The lowest BCUT2D eigenvalue weighted by molar-refractivity contribution is 0.0201. The van der Waals surface area contributed by atoms with Gasteiger partial charge in [0.25, 0.3) is 0 Å². The number of piperazine rings is 1. The number of amides is 1. The molecule has 1 aliphatic carbocycles.